The van der Waals surface area contributed by atoms with Crippen LogP contribution in [0.15, 0.2) is 79.0 Å². The lowest BCUT2D eigenvalue weighted by molar-refractivity contribution is 0.0159. The van der Waals surface area contributed by atoms with Gasteiger partial charge in [0.25, 0.3) is 0 Å². The van der Waals surface area contributed by atoms with Gasteiger partial charge in [0, 0.05) is 30.4 Å². The zero-order valence-corrected chi connectivity index (χ0v) is 29.4. The third-order valence-electron chi connectivity index (χ3n) is 8.22. The number of nitrogens with one attached hydrogen (secondary N) is 1. The van der Waals surface area contributed by atoms with E-state index in [0.29, 0.717) is 41.4 Å². The number of carboxylic acids is 1. The molecule has 1 unspecified atom stereocenters. The number of benzene rings is 2. The molecule has 0 saturated heterocycles. The van der Waals surface area contributed by atoms with Crippen LogP contribution in [0.1, 0.15) is 75.6 Å². The number of pyridine rings is 2. The Bertz CT molecular complexity index is 1990. The number of aromatic nitrogens is 8. The maximum absolute atomic E-state index is 12.3. The van der Waals surface area contributed by atoms with Gasteiger partial charge in [-0.15, -0.1) is 5.10 Å². The fraction of sp³-hybridized carbons (Fsp3) is 0.342. The summed E-state index contributed by atoms with van der Waals surface area (Å²) < 4.78 is 9.47. The number of imidazole rings is 1. The summed E-state index contributed by atoms with van der Waals surface area (Å²) in [4.78, 5) is 26.3. The van der Waals surface area contributed by atoms with Crippen molar-refractivity contribution in [2.24, 2.45) is 0 Å². The summed E-state index contributed by atoms with van der Waals surface area (Å²) in [7, 11) is 0. The number of nitrogens with zero attached hydrogens (tertiary/aromatic N) is 8. The van der Waals surface area contributed by atoms with Gasteiger partial charge in [0.2, 0.25) is 0 Å². The highest BCUT2D eigenvalue weighted by Crippen LogP contribution is 2.32. The van der Waals surface area contributed by atoms with Gasteiger partial charge < -0.3 is 19.7 Å². The van der Waals surface area contributed by atoms with E-state index in [9.17, 15) is 9.90 Å². The van der Waals surface area contributed by atoms with Gasteiger partial charge in [-0.05, 0) is 78.7 Å². The summed E-state index contributed by atoms with van der Waals surface area (Å²) >= 11 is 0. The van der Waals surface area contributed by atoms with Crippen molar-refractivity contribution in [1.82, 2.24) is 45.0 Å². The van der Waals surface area contributed by atoms with Gasteiger partial charge >= 0.3 is 5.97 Å². The molecule has 2 aromatic carbocycles. The molecule has 0 radical (unpaired) electrons. The lowest BCUT2D eigenvalue weighted by Crippen LogP contribution is -2.12. The maximum Gasteiger partial charge on any atom is 0.355 e. The quantitative estimate of drug-likeness (QED) is 0.123. The Labute approximate surface area is 292 Å². The topological polar surface area (TPSA) is 146 Å². The van der Waals surface area contributed by atoms with Gasteiger partial charge in [-0.25, -0.2) is 14.8 Å². The Balaban J connectivity index is 0.000000908. The summed E-state index contributed by atoms with van der Waals surface area (Å²) in [6.07, 6.45) is 4.06. The first kappa shape index (κ1) is 36.0. The molecule has 6 aromatic rings. The van der Waals surface area contributed by atoms with Crippen molar-refractivity contribution in [3.63, 3.8) is 0 Å². The number of rotatable bonds is 14. The minimum atomic E-state index is -1.11. The van der Waals surface area contributed by atoms with Gasteiger partial charge in [-0.3, -0.25) is 4.98 Å². The molecule has 0 aliphatic carbocycles. The predicted octanol–water partition coefficient (Wildman–Crippen LogP) is 7.07. The van der Waals surface area contributed by atoms with Crippen molar-refractivity contribution in [3.05, 3.63) is 96.1 Å². The molecular formula is C38H45N9O3. The molecule has 4 heterocycles. The molecule has 12 heteroatoms. The van der Waals surface area contributed by atoms with Crippen LogP contribution in [0.4, 0.5) is 0 Å². The van der Waals surface area contributed by atoms with E-state index in [1.165, 1.54) is 0 Å². The number of ether oxygens (including phenoxy) is 1. The summed E-state index contributed by atoms with van der Waals surface area (Å²) in [6, 6.07) is 23.5. The normalized spacial score (nSPS) is 11.7. The second-order valence-electron chi connectivity index (χ2n) is 11.7. The van der Waals surface area contributed by atoms with Crippen LogP contribution >= 0.6 is 0 Å². The molecule has 2 N–H and O–H groups in total. The van der Waals surface area contributed by atoms with Gasteiger partial charge in [-0.2, -0.15) is 4.68 Å². The second-order valence-corrected chi connectivity index (χ2v) is 11.7. The van der Waals surface area contributed by atoms with Gasteiger partial charge in [0.15, 0.2) is 23.4 Å². The lowest BCUT2D eigenvalue weighted by atomic mass is 9.98. The number of hydrogen-bond acceptors (Lipinski definition) is 9. The van der Waals surface area contributed by atoms with E-state index < -0.39 is 5.97 Å². The Kier molecular flexibility index (Phi) is 12.5. The van der Waals surface area contributed by atoms with Crippen LogP contribution in [-0.2, 0) is 17.7 Å². The van der Waals surface area contributed by atoms with Gasteiger partial charge in [0.05, 0.1) is 12.2 Å². The molecule has 4 aromatic heterocycles. The number of unbranched alkanes of at least 4 members (excludes halogenated alkanes) is 1. The molecule has 0 fully saturated rings. The van der Waals surface area contributed by atoms with Crippen molar-refractivity contribution in [3.8, 4) is 33.8 Å². The molecule has 0 saturated carbocycles. The molecule has 0 aliphatic rings. The van der Waals surface area contributed by atoms with Crippen molar-refractivity contribution >= 4 is 17.1 Å². The number of fused-ring (bicyclic) bond motifs is 1. The lowest BCUT2D eigenvalue weighted by Gasteiger charge is -2.15. The van der Waals surface area contributed by atoms with E-state index in [1.807, 2.05) is 42.7 Å². The first-order valence-electron chi connectivity index (χ1n) is 17.2. The van der Waals surface area contributed by atoms with Crippen LogP contribution in [0, 0.1) is 0 Å². The highest BCUT2D eigenvalue weighted by Gasteiger charge is 2.22. The zero-order valence-electron chi connectivity index (χ0n) is 29.4. The summed E-state index contributed by atoms with van der Waals surface area (Å²) in [5.74, 6) is 0.398. The second kappa shape index (κ2) is 17.4. The number of aryl methyl sites for hydroxylation is 1. The highest BCUT2D eigenvalue weighted by molar-refractivity contribution is 5.96. The fourth-order valence-electron chi connectivity index (χ4n) is 5.75. The molecule has 0 amide bonds. The predicted molar refractivity (Wildman–Crippen MR) is 195 cm³/mol. The van der Waals surface area contributed by atoms with Crippen LogP contribution in [0.3, 0.4) is 0 Å². The minimum absolute atomic E-state index is 0.0441. The molecule has 12 nitrogen and oxygen atoms in total. The molecule has 1 atom stereocenters. The van der Waals surface area contributed by atoms with E-state index in [0.717, 1.165) is 60.4 Å². The first-order valence-corrected chi connectivity index (χ1v) is 17.2. The fourth-order valence-corrected chi connectivity index (χ4v) is 5.75. The molecular weight excluding hydrogens is 630 g/mol. The number of carboxylic acid groups (broad SMARTS) is 1. The monoisotopic (exact) mass is 675 g/mol. The minimum Gasteiger partial charge on any atom is -0.476 e. The number of aromatic carboxylic acids is 1. The standard InChI is InChI=1S/C34H34N8O3.C4H11N/c1-4-6-14-30-36-29-20-27(28-13-9-10-19-35-28)31(34(43)44)37-33(29)41(30)21-23-15-17-24(18-16-23)25-11-7-8-12-26(25)32-38-39-40-42(32)22(3)45-5-2;1-3-5-4-2/h7-13,15-20,22H,4-6,14,21H2,1-3H3,(H,43,44);5H,3-4H2,1-2H3. The number of tetrazole rings is 1. The third kappa shape index (κ3) is 8.27. The molecule has 260 valence electrons. The van der Waals surface area contributed by atoms with E-state index in [4.69, 9.17) is 9.72 Å². The highest BCUT2D eigenvalue weighted by atomic mass is 16.5. The van der Waals surface area contributed by atoms with Crippen LogP contribution < -0.4 is 5.32 Å². The first-order chi connectivity index (χ1) is 24.4. The smallest absolute Gasteiger partial charge is 0.355 e. The zero-order chi connectivity index (χ0) is 35.5. The molecule has 50 heavy (non-hydrogen) atoms. The van der Waals surface area contributed by atoms with Gasteiger partial charge in [0.1, 0.15) is 11.3 Å². The van der Waals surface area contributed by atoms with Crippen molar-refractivity contribution < 1.29 is 14.6 Å². The van der Waals surface area contributed by atoms with Gasteiger partial charge in [-0.1, -0.05) is 81.8 Å². The third-order valence-corrected chi connectivity index (χ3v) is 8.22. The SMILES string of the molecule is CCCCc1nc2cc(-c3ccccn3)c(C(=O)O)nc2n1Cc1ccc(-c2ccccc2-c2nnnn2C(C)OCC)cc1.CCNCC. The Morgan fingerprint density at radius 2 is 1.66 bits per heavy atom. The Hall–Kier alpha value is -5.33. The van der Waals surface area contributed by atoms with Crippen molar-refractivity contribution in [2.45, 2.75) is 66.7 Å². The number of carbonyl (C=O) groups is 1. The van der Waals surface area contributed by atoms with Crippen LogP contribution in [0.5, 0.6) is 0 Å². The Morgan fingerprint density at radius 1 is 0.920 bits per heavy atom. The molecule has 6 rings (SSSR count). The van der Waals surface area contributed by atoms with Crippen LogP contribution in [-0.4, -0.2) is 70.5 Å². The summed E-state index contributed by atoms with van der Waals surface area (Å²) in [5, 5.41) is 25.6. The van der Waals surface area contributed by atoms with E-state index >= 15 is 0 Å². The van der Waals surface area contributed by atoms with Crippen LogP contribution in [0.25, 0.3) is 44.9 Å². The maximum atomic E-state index is 12.3. The molecule has 0 bridgehead atoms. The van der Waals surface area contributed by atoms with E-state index in [-0.39, 0.29) is 11.9 Å². The van der Waals surface area contributed by atoms with Crippen molar-refractivity contribution in [2.75, 3.05) is 19.7 Å². The summed E-state index contributed by atoms with van der Waals surface area (Å²) in [6.45, 7) is 13.4. The van der Waals surface area contributed by atoms with Crippen LogP contribution in [0.2, 0.25) is 0 Å². The molecule has 0 aliphatic heterocycles. The average Bonchev–Trinajstić information content (AvgIpc) is 3.76. The average molecular weight is 676 g/mol. The number of hydrogen-bond donors (Lipinski definition) is 2. The van der Waals surface area contributed by atoms with E-state index in [2.05, 4.69) is 81.9 Å². The van der Waals surface area contributed by atoms with E-state index in [1.54, 1.807) is 29.1 Å². The summed E-state index contributed by atoms with van der Waals surface area (Å²) in [5.41, 5.74) is 6.10. The largest absolute Gasteiger partial charge is 0.476 e. The molecule has 0 spiro atoms. The van der Waals surface area contributed by atoms with Crippen molar-refractivity contribution in [1.29, 1.82) is 0 Å². The Morgan fingerprint density at radius 3 is 2.30 bits per heavy atom.